The molecule has 0 unspecified atom stereocenters. The molecule has 1 fully saturated rings. The summed E-state index contributed by atoms with van der Waals surface area (Å²) >= 11 is 1.72. The lowest BCUT2D eigenvalue weighted by Gasteiger charge is -2.40. The predicted octanol–water partition coefficient (Wildman–Crippen LogP) is 2.70. The normalized spacial score (nSPS) is 20.0. The Hall–Kier alpha value is -3.32. The number of benzene rings is 1. The number of ether oxygens (including phenoxy) is 2. The van der Waals surface area contributed by atoms with E-state index in [0.29, 0.717) is 29.3 Å². The first-order valence-corrected chi connectivity index (χ1v) is 11.7. The maximum atomic E-state index is 13.6. The third-order valence-electron chi connectivity index (χ3n) is 6.19. The molecule has 4 aromatic rings. The second-order valence-electron chi connectivity index (χ2n) is 8.49. The van der Waals surface area contributed by atoms with Gasteiger partial charge in [0.1, 0.15) is 10.5 Å². The highest BCUT2D eigenvalue weighted by Gasteiger charge is 2.45. The lowest BCUT2D eigenvalue weighted by atomic mass is 10.2. The molecule has 5 heterocycles. The smallest absolute Gasteiger partial charge is 0.395 e. The van der Waals surface area contributed by atoms with Crippen molar-refractivity contribution in [1.29, 1.82) is 0 Å². The average Bonchev–Trinajstić information content (AvgIpc) is 3.49. The number of rotatable bonds is 4. The molecule has 1 saturated heterocycles. The van der Waals surface area contributed by atoms with E-state index in [0.717, 1.165) is 31.2 Å². The van der Waals surface area contributed by atoms with Crippen molar-refractivity contribution in [2.24, 2.45) is 0 Å². The van der Waals surface area contributed by atoms with Crippen LogP contribution in [-0.4, -0.2) is 68.0 Å². The second kappa shape index (κ2) is 7.60. The van der Waals surface area contributed by atoms with Gasteiger partial charge in [-0.1, -0.05) is 0 Å². The van der Waals surface area contributed by atoms with Gasteiger partial charge in [0.15, 0.2) is 23.0 Å². The fraction of sp³-hybridized carbons (Fsp3) is 0.429. The number of nitrogens with zero attached hydrogens (tertiary/aromatic N) is 7. The first-order chi connectivity index (χ1) is 16.3. The van der Waals surface area contributed by atoms with Crippen molar-refractivity contribution in [1.82, 2.24) is 29.5 Å². The van der Waals surface area contributed by atoms with Gasteiger partial charge in [-0.05, 0) is 26.0 Å². The first kappa shape index (κ1) is 21.2. The first-order valence-electron chi connectivity index (χ1n) is 10.9. The van der Waals surface area contributed by atoms with E-state index in [1.165, 1.54) is 15.6 Å². The quantitative estimate of drug-likeness (QED) is 0.464. The highest BCUT2D eigenvalue weighted by atomic mass is 32.1. The number of hydrogen-bond donors (Lipinski definition) is 1. The second-order valence-corrected chi connectivity index (χ2v) is 9.70. The van der Waals surface area contributed by atoms with Crippen molar-refractivity contribution in [3.05, 3.63) is 29.2 Å². The molecule has 6 rings (SSSR count). The molecule has 0 aliphatic carbocycles. The fourth-order valence-corrected chi connectivity index (χ4v) is 5.32. The molecule has 0 bridgehead atoms. The van der Waals surface area contributed by atoms with Crippen LogP contribution in [0.3, 0.4) is 0 Å². The Bertz CT molecular complexity index is 1410. The molecule has 10 nitrogen and oxygen atoms in total. The van der Waals surface area contributed by atoms with Crippen LogP contribution in [0.4, 0.5) is 19.7 Å². The number of alkyl halides is 2. The van der Waals surface area contributed by atoms with Crippen molar-refractivity contribution in [2.45, 2.75) is 32.6 Å². The predicted molar refractivity (Wildman–Crippen MR) is 123 cm³/mol. The summed E-state index contributed by atoms with van der Waals surface area (Å²) in [6, 6.07) is 3.39. The molecule has 1 atom stereocenters. The van der Waals surface area contributed by atoms with Gasteiger partial charge in [0.2, 0.25) is 5.95 Å². The topological polar surface area (TPSA) is 107 Å². The summed E-state index contributed by atoms with van der Waals surface area (Å²) < 4.78 is 37.7. The number of thiazole rings is 1. The van der Waals surface area contributed by atoms with Gasteiger partial charge < -0.3 is 20.1 Å². The Morgan fingerprint density at radius 3 is 2.85 bits per heavy atom. The summed E-state index contributed by atoms with van der Waals surface area (Å²) in [4.78, 5) is 18.0. The Morgan fingerprint density at radius 2 is 2.09 bits per heavy atom. The van der Waals surface area contributed by atoms with Crippen LogP contribution in [0, 0.1) is 6.92 Å². The van der Waals surface area contributed by atoms with Gasteiger partial charge in [-0.2, -0.15) is 4.52 Å². The summed E-state index contributed by atoms with van der Waals surface area (Å²) in [6.07, 6.45) is -1.17. The Balaban J connectivity index is 1.21. The van der Waals surface area contributed by atoms with Crippen LogP contribution in [0.5, 0.6) is 11.5 Å². The maximum absolute atomic E-state index is 13.6. The van der Waals surface area contributed by atoms with Gasteiger partial charge in [0.05, 0.1) is 11.2 Å². The molecule has 3 aromatic heterocycles. The third kappa shape index (κ3) is 3.55. The average molecular weight is 489 g/mol. The summed E-state index contributed by atoms with van der Waals surface area (Å²) in [5.41, 5.74) is 6.69. The SMILES string of the molecule is Cc1ncc(N2CCN(CCc3nc4c5ccc6c(c5nc(N)n4n3)OC(F)(F)O6)[C@H](C)C2)s1. The molecular formula is C21H22F2N8O2S. The molecule has 1 aromatic carbocycles. The van der Waals surface area contributed by atoms with Crippen molar-refractivity contribution in [2.75, 3.05) is 36.8 Å². The van der Waals surface area contributed by atoms with Gasteiger partial charge in [-0.15, -0.1) is 25.2 Å². The van der Waals surface area contributed by atoms with Gasteiger partial charge >= 0.3 is 6.29 Å². The molecule has 0 radical (unpaired) electrons. The van der Waals surface area contributed by atoms with E-state index >= 15 is 0 Å². The van der Waals surface area contributed by atoms with Crippen LogP contribution in [0.1, 0.15) is 17.8 Å². The summed E-state index contributed by atoms with van der Waals surface area (Å²) in [7, 11) is 0. The van der Waals surface area contributed by atoms with E-state index in [1.807, 2.05) is 13.1 Å². The highest BCUT2D eigenvalue weighted by molar-refractivity contribution is 7.15. The number of aromatic nitrogens is 5. The van der Waals surface area contributed by atoms with E-state index in [9.17, 15) is 8.78 Å². The van der Waals surface area contributed by atoms with E-state index in [1.54, 1.807) is 17.4 Å². The molecule has 2 aliphatic rings. The number of aryl methyl sites for hydroxylation is 1. The Labute approximate surface area is 196 Å². The van der Waals surface area contributed by atoms with Crippen LogP contribution < -0.4 is 20.1 Å². The van der Waals surface area contributed by atoms with Crippen molar-refractivity contribution in [3.8, 4) is 11.5 Å². The fourth-order valence-electron chi connectivity index (χ4n) is 4.51. The minimum absolute atomic E-state index is 0.0373. The molecule has 0 spiro atoms. The summed E-state index contributed by atoms with van der Waals surface area (Å²) in [6.45, 7) is 7.81. The van der Waals surface area contributed by atoms with Gasteiger partial charge in [-0.25, -0.2) is 15.0 Å². The van der Waals surface area contributed by atoms with Crippen LogP contribution >= 0.6 is 11.3 Å². The zero-order chi connectivity index (χ0) is 23.6. The number of hydrogen-bond acceptors (Lipinski definition) is 10. The van der Waals surface area contributed by atoms with Crippen LogP contribution in [0.25, 0.3) is 16.6 Å². The van der Waals surface area contributed by atoms with Gasteiger partial charge in [-0.3, -0.25) is 4.90 Å². The number of anilines is 2. The Morgan fingerprint density at radius 1 is 1.24 bits per heavy atom. The van der Waals surface area contributed by atoms with Crippen molar-refractivity contribution < 1.29 is 18.3 Å². The summed E-state index contributed by atoms with van der Waals surface area (Å²) in [5.74, 6) is 0.409. The molecule has 13 heteroatoms. The van der Waals surface area contributed by atoms with Crippen molar-refractivity contribution in [3.63, 3.8) is 0 Å². The van der Waals surface area contributed by atoms with E-state index < -0.39 is 6.29 Å². The Kier molecular flexibility index (Phi) is 4.74. The molecular weight excluding hydrogens is 466 g/mol. The largest absolute Gasteiger partial charge is 0.586 e. The minimum atomic E-state index is -3.74. The number of piperazine rings is 1. The van der Waals surface area contributed by atoms with Crippen molar-refractivity contribution >= 4 is 38.8 Å². The summed E-state index contributed by atoms with van der Waals surface area (Å²) in [5, 5.41) is 7.30. The lowest BCUT2D eigenvalue weighted by molar-refractivity contribution is -0.286. The number of halogens is 2. The highest BCUT2D eigenvalue weighted by Crippen LogP contribution is 2.45. The molecule has 0 amide bonds. The lowest BCUT2D eigenvalue weighted by Crippen LogP contribution is -2.52. The molecule has 178 valence electrons. The molecule has 2 aliphatic heterocycles. The van der Waals surface area contributed by atoms with Crippen LogP contribution in [0.2, 0.25) is 0 Å². The van der Waals surface area contributed by atoms with Gasteiger partial charge in [0.25, 0.3) is 0 Å². The molecule has 34 heavy (non-hydrogen) atoms. The van der Waals surface area contributed by atoms with E-state index in [4.69, 9.17) is 5.73 Å². The number of nitrogens with two attached hydrogens (primary N) is 1. The monoisotopic (exact) mass is 488 g/mol. The van der Waals surface area contributed by atoms with Crippen LogP contribution in [0.15, 0.2) is 18.3 Å². The van der Waals surface area contributed by atoms with E-state index in [2.05, 4.69) is 46.2 Å². The zero-order valence-corrected chi connectivity index (χ0v) is 19.3. The molecule has 0 saturated carbocycles. The standard InChI is InChI=1S/C21H22F2N8O2S/c1-11-10-30(16-9-25-12(2)34-16)8-7-29(11)6-5-15-26-19-13-3-4-14-18(33-21(22,23)32-14)17(13)27-20(24)31(19)28-15/h3-4,9,11H,5-8,10H2,1-2H3,(H2,24,27)/t11-/m1/s1. The third-order valence-corrected chi connectivity index (χ3v) is 7.16. The van der Waals surface area contributed by atoms with E-state index in [-0.39, 0.29) is 23.0 Å². The van der Waals surface area contributed by atoms with Gasteiger partial charge in [0, 0.05) is 44.0 Å². The van der Waals surface area contributed by atoms with Crippen LogP contribution in [-0.2, 0) is 6.42 Å². The number of nitrogen functional groups attached to an aromatic ring is 1. The maximum Gasteiger partial charge on any atom is 0.586 e. The molecule has 2 N–H and O–H groups in total. The minimum Gasteiger partial charge on any atom is -0.395 e. The number of fused-ring (bicyclic) bond motifs is 5. The zero-order valence-electron chi connectivity index (χ0n) is 18.5.